The van der Waals surface area contributed by atoms with Crippen molar-refractivity contribution in [3.63, 3.8) is 0 Å². The molecule has 0 saturated heterocycles. The Kier molecular flexibility index (Phi) is 22.7. The number of ether oxygens (including phenoxy) is 3. The lowest BCUT2D eigenvalue weighted by molar-refractivity contribution is -0.250. The zero-order chi connectivity index (χ0) is 26.6. The van der Waals surface area contributed by atoms with E-state index >= 15 is 0 Å². The summed E-state index contributed by atoms with van der Waals surface area (Å²) in [7, 11) is 0. The van der Waals surface area contributed by atoms with Gasteiger partial charge in [0.05, 0.1) is 0 Å². The zero-order valence-corrected chi connectivity index (χ0v) is 26.0. The average molecular weight is 540 g/mol. The molecule has 0 heterocycles. The smallest absolute Gasteiger partial charge is 0.160 e. The number of hydrogen-bond acceptors (Lipinski definition) is 3. The van der Waals surface area contributed by atoms with Crippen molar-refractivity contribution in [2.75, 3.05) is 13.2 Å². The van der Waals surface area contributed by atoms with Crippen molar-refractivity contribution in [2.45, 2.75) is 156 Å². The fourth-order valence-corrected chi connectivity index (χ4v) is 5.83. The van der Waals surface area contributed by atoms with Crippen LogP contribution in [0.1, 0.15) is 132 Å². The molecule has 0 aliphatic rings. The maximum absolute atomic E-state index is 6.41. The summed E-state index contributed by atoms with van der Waals surface area (Å²) in [5, 5.41) is 0.524. The van der Waals surface area contributed by atoms with E-state index in [0.29, 0.717) is 23.7 Å². The van der Waals surface area contributed by atoms with Crippen LogP contribution in [0.3, 0.4) is 0 Å². The van der Waals surface area contributed by atoms with Crippen molar-refractivity contribution >= 4 is 23.2 Å². The first kappa shape index (κ1) is 35.5. The fourth-order valence-electron chi connectivity index (χ4n) is 5.23. The van der Waals surface area contributed by atoms with Gasteiger partial charge in [-0.05, 0) is 102 Å². The molecule has 212 valence electrons. The van der Waals surface area contributed by atoms with Crippen LogP contribution >= 0.6 is 23.2 Å². The van der Waals surface area contributed by atoms with Crippen molar-refractivity contribution in [1.82, 2.24) is 0 Å². The van der Waals surface area contributed by atoms with E-state index in [1.807, 2.05) is 0 Å². The van der Waals surface area contributed by atoms with Crippen LogP contribution in [0.5, 0.6) is 0 Å². The molecule has 0 spiro atoms. The van der Waals surface area contributed by atoms with Gasteiger partial charge in [-0.2, -0.15) is 0 Å². The third-order valence-electron chi connectivity index (χ3n) is 6.66. The van der Waals surface area contributed by atoms with Crippen molar-refractivity contribution in [3.05, 3.63) is 0 Å². The molecule has 0 aliphatic carbocycles. The van der Waals surface area contributed by atoms with Gasteiger partial charge in [0.2, 0.25) is 0 Å². The van der Waals surface area contributed by atoms with Crippen molar-refractivity contribution < 1.29 is 14.2 Å². The Labute approximate surface area is 229 Å². The van der Waals surface area contributed by atoms with Crippen LogP contribution in [0.25, 0.3) is 0 Å². The molecule has 0 aromatic rings. The number of rotatable bonds is 24. The summed E-state index contributed by atoms with van der Waals surface area (Å²) in [5.74, 6) is 2.75. The van der Waals surface area contributed by atoms with Crippen LogP contribution in [0.2, 0.25) is 0 Å². The average Bonchev–Trinajstić information content (AvgIpc) is 2.73. The second kappa shape index (κ2) is 22.4. The zero-order valence-electron chi connectivity index (χ0n) is 24.5. The van der Waals surface area contributed by atoms with E-state index in [1.54, 1.807) is 0 Å². The van der Waals surface area contributed by atoms with Crippen molar-refractivity contribution in [1.29, 1.82) is 0 Å². The van der Waals surface area contributed by atoms with Gasteiger partial charge < -0.3 is 14.2 Å². The van der Waals surface area contributed by atoms with Crippen LogP contribution in [0.4, 0.5) is 0 Å². The van der Waals surface area contributed by atoms with Gasteiger partial charge in [0.15, 0.2) is 12.6 Å². The van der Waals surface area contributed by atoms with Crippen LogP contribution < -0.4 is 0 Å². The minimum Gasteiger partial charge on any atom is -0.353 e. The first-order valence-corrected chi connectivity index (χ1v) is 15.6. The molecule has 3 nitrogen and oxygen atoms in total. The Morgan fingerprint density at radius 2 is 0.886 bits per heavy atom. The predicted octanol–water partition coefficient (Wildman–Crippen LogP) is 10.2. The van der Waals surface area contributed by atoms with Gasteiger partial charge in [-0.3, -0.25) is 0 Å². The van der Waals surface area contributed by atoms with Crippen LogP contribution in [0, 0.1) is 23.7 Å². The lowest BCUT2D eigenvalue weighted by Gasteiger charge is -2.26. The number of alkyl halides is 2. The maximum atomic E-state index is 6.41. The molecule has 5 heteroatoms. The van der Waals surface area contributed by atoms with Crippen molar-refractivity contribution in [3.8, 4) is 0 Å². The molecule has 0 aromatic carbocycles. The summed E-state index contributed by atoms with van der Waals surface area (Å²) in [6.07, 6.45) is 12.8. The lowest BCUT2D eigenvalue weighted by atomic mass is 9.90. The lowest BCUT2D eigenvalue weighted by Crippen LogP contribution is -2.28. The SMILES string of the molecule is CCCOC(CCCC(C)CC(C)CC(C)Cl)OC(CCCC(C)CC(C)CC(C)Cl)OCCC. The van der Waals surface area contributed by atoms with Gasteiger partial charge in [-0.25, -0.2) is 0 Å². The topological polar surface area (TPSA) is 27.7 Å². The van der Waals surface area contributed by atoms with Crippen LogP contribution in [-0.2, 0) is 14.2 Å². The summed E-state index contributed by atoms with van der Waals surface area (Å²) in [4.78, 5) is 0. The maximum Gasteiger partial charge on any atom is 0.160 e. The number of hydrogen-bond donors (Lipinski definition) is 0. The van der Waals surface area contributed by atoms with Gasteiger partial charge in [0, 0.05) is 24.0 Å². The second-order valence-electron chi connectivity index (χ2n) is 11.5. The van der Waals surface area contributed by atoms with Crippen molar-refractivity contribution in [2.24, 2.45) is 23.7 Å². The van der Waals surface area contributed by atoms with E-state index < -0.39 is 0 Å². The highest BCUT2D eigenvalue weighted by atomic mass is 35.5. The molecule has 35 heavy (non-hydrogen) atoms. The van der Waals surface area contributed by atoms with E-state index in [2.05, 4.69) is 55.4 Å². The predicted molar refractivity (Wildman–Crippen MR) is 155 cm³/mol. The molecule has 0 radical (unpaired) electrons. The highest BCUT2D eigenvalue weighted by Gasteiger charge is 2.20. The van der Waals surface area contributed by atoms with E-state index in [0.717, 1.165) is 64.6 Å². The summed E-state index contributed by atoms with van der Waals surface area (Å²) in [6, 6.07) is 0. The van der Waals surface area contributed by atoms with Gasteiger partial charge in [-0.1, -0.05) is 54.4 Å². The van der Waals surface area contributed by atoms with E-state index in [4.69, 9.17) is 37.4 Å². The highest BCUT2D eigenvalue weighted by molar-refractivity contribution is 6.20. The molecule has 0 amide bonds. The molecule has 0 bridgehead atoms. The molecule has 0 fully saturated rings. The Bertz CT molecular complexity index is 421. The minimum atomic E-state index is -0.174. The van der Waals surface area contributed by atoms with Gasteiger partial charge in [0.25, 0.3) is 0 Å². The summed E-state index contributed by atoms with van der Waals surface area (Å²) in [5.41, 5.74) is 0. The molecule has 0 N–H and O–H groups in total. The van der Waals surface area contributed by atoms with Gasteiger partial charge >= 0.3 is 0 Å². The molecule has 0 aromatic heterocycles. The third-order valence-corrected chi connectivity index (χ3v) is 7.01. The van der Waals surface area contributed by atoms with E-state index in [1.165, 1.54) is 25.7 Å². The summed E-state index contributed by atoms with van der Waals surface area (Å²) >= 11 is 12.4. The molecule has 8 atom stereocenters. The first-order chi connectivity index (χ1) is 16.6. The molecule has 8 unspecified atom stereocenters. The second-order valence-corrected chi connectivity index (χ2v) is 13.0. The van der Waals surface area contributed by atoms with Gasteiger partial charge in [-0.15, -0.1) is 23.2 Å². The quantitative estimate of drug-likeness (QED) is 0.0902. The minimum absolute atomic E-state index is 0.174. The fraction of sp³-hybridized carbons (Fsp3) is 1.00. The van der Waals surface area contributed by atoms with E-state index in [-0.39, 0.29) is 23.3 Å². The Hall–Kier alpha value is 0.460. The Morgan fingerprint density at radius 3 is 1.20 bits per heavy atom. The van der Waals surface area contributed by atoms with Crippen LogP contribution in [-0.4, -0.2) is 36.5 Å². The normalized spacial score (nSPS) is 19.0. The largest absolute Gasteiger partial charge is 0.353 e. The van der Waals surface area contributed by atoms with Gasteiger partial charge in [0.1, 0.15) is 0 Å². The molecule has 0 rings (SSSR count). The highest BCUT2D eigenvalue weighted by Crippen LogP contribution is 2.25. The molecular weight excluding hydrogens is 479 g/mol. The Balaban J connectivity index is 4.60. The first-order valence-electron chi connectivity index (χ1n) is 14.7. The van der Waals surface area contributed by atoms with Crippen LogP contribution in [0.15, 0.2) is 0 Å². The monoisotopic (exact) mass is 538 g/mol. The molecular formula is C30H60Cl2O3. The summed E-state index contributed by atoms with van der Waals surface area (Å²) in [6.45, 7) is 19.3. The van der Waals surface area contributed by atoms with E-state index in [9.17, 15) is 0 Å². The third kappa shape index (κ3) is 22.2. The molecule has 0 aliphatic heterocycles. The number of halogens is 2. The standard InChI is InChI=1S/C30H60Cl2O3/c1-9-17-33-29(15-11-13-23(3)19-25(5)21-27(7)31)35-30(34-18-10-2)16-12-14-24(4)20-26(6)22-28(8)32/h23-30H,9-22H2,1-8H3. The molecule has 0 saturated carbocycles. The Morgan fingerprint density at radius 1 is 0.514 bits per heavy atom. The summed E-state index contributed by atoms with van der Waals surface area (Å²) < 4.78 is 18.6.